The first-order valence-electron chi connectivity index (χ1n) is 7.53. The van der Waals surface area contributed by atoms with Gasteiger partial charge >= 0.3 is 0 Å². The van der Waals surface area contributed by atoms with Gasteiger partial charge in [-0.2, -0.15) is 0 Å². The van der Waals surface area contributed by atoms with Gasteiger partial charge in [0.25, 0.3) is 5.91 Å². The van der Waals surface area contributed by atoms with Gasteiger partial charge in [0.1, 0.15) is 6.61 Å². The zero-order valence-electron chi connectivity index (χ0n) is 12.9. The van der Waals surface area contributed by atoms with Crippen LogP contribution in [0.5, 0.6) is 5.75 Å². The lowest BCUT2D eigenvalue weighted by Gasteiger charge is -2.24. The van der Waals surface area contributed by atoms with Gasteiger partial charge in [0, 0.05) is 25.7 Å². The molecule has 2 aliphatic heterocycles. The molecule has 0 aromatic heterocycles. The standard InChI is InChI=1S/C16H23N3O2/c1-11-9-19(10-14(11)18(2)3)16(20)12-5-4-6-13-15(12)21-8-7-17-13/h4-6,11,14,17H,7-10H2,1-3H3. The minimum Gasteiger partial charge on any atom is -0.489 e. The zero-order chi connectivity index (χ0) is 15.0. The van der Waals surface area contributed by atoms with E-state index in [0.29, 0.717) is 29.9 Å². The van der Waals surface area contributed by atoms with Crippen LogP contribution in [-0.2, 0) is 0 Å². The number of nitrogens with zero attached hydrogens (tertiary/aromatic N) is 2. The zero-order valence-corrected chi connectivity index (χ0v) is 12.9. The molecule has 1 aromatic rings. The van der Waals surface area contributed by atoms with Gasteiger partial charge in [-0.25, -0.2) is 0 Å². The van der Waals surface area contributed by atoms with Crippen molar-refractivity contribution >= 4 is 11.6 Å². The van der Waals surface area contributed by atoms with Crippen LogP contribution in [0.4, 0.5) is 5.69 Å². The molecule has 0 bridgehead atoms. The highest BCUT2D eigenvalue weighted by Crippen LogP contribution is 2.33. The van der Waals surface area contributed by atoms with Gasteiger partial charge in [0.05, 0.1) is 11.3 Å². The minimum absolute atomic E-state index is 0.0757. The van der Waals surface area contributed by atoms with Crippen molar-refractivity contribution in [3.63, 3.8) is 0 Å². The molecule has 2 heterocycles. The third-order valence-corrected chi connectivity index (χ3v) is 4.43. The Morgan fingerprint density at radius 1 is 1.38 bits per heavy atom. The summed E-state index contributed by atoms with van der Waals surface area (Å²) in [6.45, 7) is 5.18. The maximum absolute atomic E-state index is 12.8. The highest BCUT2D eigenvalue weighted by molar-refractivity contribution is 5.99. The summed E-state index contributed by atoms with van der Waals surface area (Å²) < 4.78 is 5.72. The molecule has 1 amide bonds. The number of carbonyl (C=O) groups excluding carboxylic acids is 1. The molecule has 3 rings (SSSR count). The normalized spacial score (nSPS) is 24.5. The molecular formula is C16H23N3O2. The molecular weight excluding hydrogens is 266 g/mol. The van der Waals surface area contributed by atoms with E-state index in [0.717, 1.165) is 25.3 Å². The number of fused-ring (bicyclic) bond motifs is 1. The SMILES string of the molecule is CC1CN(C(=O)c2cccc3c2OCCN3)CC1N(C)C. The van der Waals surface area contributed by atoms with Gasteiger partial charge in [-0.15, -0.1) is 0 Å². The van der Waals surface area contributed by atoms with E-state index in [1.54, 1.807) is 0 Å². The average molecular weight is 289 g/mol. The predicted molar refractivity (Wildman–Crippen MR) is 83.0 cm³/mol. The quantitative estimate of drug-likeness (QED) is 0.896. The Kier molecular flexibility index (Phi) is 3.76. The van der Waals surface area contributed by atoms with Crippen LogP contribution in [0.1, 0.15) is 17.3 Å². The van der Waals surface area contributed by atoms with E-state index in [4.69, 9.17) is 4.74 Å². The second-order valence-corrected chi connectivity index (χ2v) is 6.18. The molecule has 1 aromatic carbocycles. The van der Waals surface area contributed by atoms with Gasteiger partial charge in [-0.3, -0.25) is 4.79 Å². The summed E-state index contributed by atoms with van der Waals surface area (Å²) in [7, 11) is 4.15. The Bertz CT molecular complexity index is 544. The first-order chi connectivity index (χ1) is 10.1. The van der Waals surface area contributed by atoms with E-state index in [-0.39, 0.29) is 5.91 Å². The highest BCUT2D eigenvalue weighted by atomic mass is 16.5. The summed E-state index contributed by atoms with van der Waals surface area (Å²) in [4.78, 5) is 17.0. The second kappa shape index (κ2) is 5.56. The summed E-state index contributed by atoms with van der Waals surface area (Å²) in [6, 6.07) is 6.16. The lowest BCUT2D eigenvalue weighted by molar-refractivity contribution is 0.0777. The molecule has 2 atom stereocenters. The maximum Gasteiger partial charge on any atom is 0.257 e. The number of likely N-dealkylation sites (N-methyl/N-ethyl adjacent to an activating group) is 1. The molecule has 5 nitrogen and oxygen atoms in total. The first kappa shape index (κ1) is 14.2. The van der Waals surface area contributed by atoms with Crippen molar-refractivity contribution in [2.75, 3.05) is 45.7 Å². The molecule has 114 valence electrons. The lowest BCUT2D eigenvalue weighted by Crippen LogP contribution is -2.36. The first-order valence-corrected chi connectivity index (χ1v) is 7.53. The van der Waals surface area contributed by atoms with Crippen molar-refractivity contribution in [1.29, 1.82) is 0 Å². The monoisotopic (exact) mass is 289 g/mol. The number of para-hydroxylation sites is 1. The van der Waals surface area contributed by atoms with E-state index in [2.05, 4.69) is 31.2 Å². The number of benzene rings is 1. The van der Waals surface area contributed by atoms with E-state index in [9.17, 15) is 4.79 Å². The van der Waals surface area contributed by atoms with E-state index >= 15 is 0 Å². The molecule has 1 fully saturated rings. The molecule has 2 unspecified atom stereocenters. The summed E-state index contributed by atoms with van der Waals surface area (Å²) in [5.74, 6) is 1.27. The van der Waals surface area contributed by atoms with E-state index < -0.39 is 0 Å². The summed E-state index contributed by atoms with van der Waals surface area (Å²) in [5.41, 5.74) is 1.59. The van der Waals surface area contributed by atoms with Crippen molar-refractivity contribution in [2.45, 2.75) is 13.0 Å². The Hall–Kier alpha value is -1.75. The molecule has 0 spiro atoms. The van der Waals surface area contributed by atoms with Crippen LogP contribution in [0.25, 0.3) is 0 Å². The number of nitrogens with one attached hydrogen (secondary N) is 1. The topological polar surface area (TPSA) is 44.8 Å². The Labute approximate surface area is 125 Å². The summed E-state index contributed by atoms with van der Waals surface area (Å²) >= 11 is 0. The third-order valence-electron chi connectivity index (χ3n) is 4.43. The fourth-order valence-corrected chi connectivity index (χ4v) is 3.30. The number of amides is 1. The van der Waals surface area contributed by atoms with Crippen LogP contribution in [0.2, 0.25) is 0 Å². The van der Waals surface area contributed by atoms with Gasteiger partial charge in [0.15, 0.2) is 5.75 Å². The van der Waals surface area contributed by atoms with Gasteiger partial charge < -0.3 is 19.9 Å². The van der Waals surface area contributed by atoms with Gasteiger partial charge in [-0.1, -0.05) is 13.0 Å². The third kappa shape index (κ3) is 2.58. The van der Waals surface area contributed by atoms with Crippen molar-refractivity contribution in [2.24, 2.45) is 5.92 Å². The molecule has 1 saturated heterocycles. The molecule has 5 heteroatoms. The van der Waals surface area contributed by atoms with Gasteiger partial charge in [0.2, 0.25) is 0 Å². The number of ether oxygens (including phenoxy) is 1. The number of likely N-dealkylation sites (tertiary alicyclic amines) is 1. The number of hydrogen-bond acceptors (Lipinski definition) is 4. The van der Waals surface area contributed by atoms with Crippen LogP contribution in [-0.4, -0.2) is 62.1 Å². The second-order valence-electron chi connectivity index (χ2n) is 6.18. The van der Waals surface area contributed by atoms with Crippen molar-refractivity contribution in [3.8, 4) is 5.75 Å². The number of anilines is 1. The average Bonchev–Trinajstić information content (AvgIpc) is 2.88. The smallest absolute Gasteiger partial charge is 0.257 e. The lowest BCUT2D eigenvalue weighted by atomic mass is 10.1. The highest BCUT2D eigenvalue weighted by Gasteiger charge is 2.35. The maximum atomic E-state index is 12.8. The molecule has 2 aliphatic rings. The largest absolute Gasteiger partial charge is 0.489 e. The fraction of sp³-hybridized carbons (Fsp3) is 0.562. The Balaban J connectivity index is 1.83. The number of rotatable bonds is 2. The number of carbonyl (C=O) groups is 1. The van der Waals surface area contributed by atoms with Crippen molar-refractivity contribution < 1.29 is 9.53 Å². The van der Waals surface area contributed by atoms with Gasteiger partial charge in [-0.05, 0) is 32.1 Å². The fourth-order valence-electron chi connectivity index (χ4n) is 3.30. The summed E-state index contributed by atoms with van der Waals surface area (Å²) in [5, 5.41) is 3.28. The van der Waals surface area contributed by atoms with Crippen LogP contribution in [0, 0.1) is 5.92 Å². The predicted octanol–water partition coefficient (Wildman–Crippen LogP) is 1.51. The minimum atomic E-state index is 0.0757. The molecule has 1 N–H and O–H groups in total. The Morgan fingerprint density at radius 3 is 2.90 bits per heavy atom. The summed E-state index contributed by atoms with van der Waals surface area (Å²) in [6.07, 6.45) is 0. The van der Waals surface area contributed by atoms with E-state index in [1.165, 1.54) is 0 Å². The Morgan fingerprint density at radius 2 is 2.19 bits per heavy atom. The molecule has 21 heavy (non-hydrogen) atoms. The van der Waals surface area contributed by atoms with Crippen LogP contribution in [0.15, 0.2) is 18.2 Å². The van der Waals surface area contributed by atoms with Crippen LogP contribution < -0.4 is 10.1 Å². The van der Waals surface area contributed by atoms with E-state index in [1.807, 2.05) is 23.1 Å². The van der Waals surface area contributed by atoms with Crippen LogP contribution in [0.3, 0.4) is 0 Å². The van der Waals surface area contributed by atoms with Crippen molar-refractivity contribution in [1.82, 2.24) is 9.80 Å². The van der Waals surface area contributed by atoms with Crippen molar-refractivity contribution in [3.05, 3.63) is 23.8 Å². The molecule has 0 saturated carbocycles. The molecule has 0 aliphatic carbocycles. The van der Waals surface area contributed by atoms with Crippen LogP contribution >= 0.6 is 0 Å². The number of hydrogen-bond donors (Lipinski definition) is 1. The molecule has 0 radical (unpaired) electrons.